The maximum absolute atomic E-state index is 12.8. The molecule has 4 rings (SSSR count). The summed E-state index contributed by atoms with van der Waals surface area (Å²) in [5.41, 5.74) is 7.93. The molecule has 0 radical (unpaired) electrons. The van der Waals surface area contributed by atoms with Gasteiger partial charge in [-0.25, -0.2) is 0 Å². The number of fused-ring (bicyclic) bond motifs is 1. The normalized spacial score (nSPS) is 16.8. The number of thiophene rings is 1. The van der Waals surface area contributed by atoms with Crippen LogP contribution in [0.2, 0.25) is 0 Å². The van der Waals surface area contributed by atoms with E-state index >= 15 is 0 Å². The largest absolute Gasteiger partial charge is 0.338 e. The maximum atomic E-state index is 12.8. The lowest BCUT2D eigenvalue weighted by molar-refractivity contribution is 0.0792. The van der Waals surface area contributed by atoms with Crippen LogP contribution in [-0.2, 0) is 6.54 Å². The molecule has 0 bridgehead atoms. The van der Waals surface area contributed by atoms with Crippen molar-refractivity contribution >= 4 is 39.9 Å². The fourth-order valence-electron chi connectivity index (χ4n) is 3.45. The number of nitrogens with two attached hydrogens (primary N) is 1. The maximum Gasteiger partial charge on any atom is 0.264 e. The molecule has 3 heterocycles. The predicted molar refractivity (Wildman–Crippen MR) is 108 cm³/mol. The highest BCUT2D eigenvalue weighted by atomic mass is 35.5. The van der Waals surface area contributed by atoms with Gasteiger partial charge < -0.3 is 10.6 Å². The van der Waals surface area contributed by atoms with Crippen molar-refractivity contribution in [1.29, 1.82) is 0 Å². The molecule has 1 unspecified atom stereocenters. The molecule has 0 aliphatic carbocycles. The van der Waals surface area contributed by atoms with Crippen LogP contribution in [0.3, 0.4) is 0 Å². The van der Waals surface area contributed by atoms with Crippen LogP contribution in [0.15, 0.2) is 36.4 Å². The molecular weight excluding hydrogens is 368 g/mol. The van der Waals surface area contributed by atoms with E-state index in [9.17, 15) is 4.79 Å². The van der Waals surface area contributed by atoms with Gasteiger partial charge in [0, 0.05) is 18.5 Å². The second-order valence-electron chi connectivity index (χ2n) is 6.70. The first-order valence-corrected chi connectivity index (χ1v) is 9.47. The Morgan fingerprint density at radius 2 is 2.12 bits per heavy atom. The van der Waals surface area contributed by atoms with Gasteiger partial charge >= 0.3 is 0 Å². The van der Waals surface area contributed by atoms with E-state index in [-0.39, 0.29) is 18.3 Å². The summed E-state index contributed by atoms with van der Waals surface area (Å²) in [7, 11) is 0. The molecular formula is C19H23ClN4OS. The smallest absolute Gasteiger partial charge is 0.264 e. The van der Waals surface area contributed by atoms with Crippen LogP contribution in [0, 0.1) is 12.8 Å². The first kappa shape index (κ1) is 18.9. The van der Waals surface area contributed by atoms with E-state index in [2.05, 4.69) is 17.2 Å². The zero-order chi connectivity index (χ0) is 17.4. The molecule has 3 aromatic rings. The van der Waals surface area contributed by atoms with E-state index in [0.29, 0.717) is 12.5 Å². The van der Waals surface area contributed by atoms with Gasteiger partial charge in [0.05, 0.1) is 17.1 Å². The molecule has 7 heteroatoms. The molecule has 0 spiro atoms. The Morgan fingerprint density at radius 1 is 1.35 bits per heavy atom. The van der Waals surface area contributed by atoms with Gasteiger partial charge in [0.2, 0.25) is 0 Å². The Balaban J connectivity index is 0.00000196. The van der Waals surface area contributed by atoms with Crippen LogP contribution in [-0.4, -0.2) is 40.2 Å². The van der Waals surface area contributed by atoms with E-state index in [1.807, 2.05) is 40.8 Å². The number of amides is 1. The summed E-state index contributed by atoms with van der Waals surface area (Å²) in [4.78, 5) is 16.6. The number of hydrogen-bond acceptors (Lipinski definition) is 4. The Labute approximate surface area is 163 Å². The summed E-state index contributed by atoms with van der Waals surface area (Å²) in [6.07, 6.45) is 1.01. The second kappa shape index (κ2) is 7.78. The zero-order valence-electron chi connectivity index (χ0n) is 14.7. The number of carbonyl (C=O) groups excluding carboxylic acids is 1. The van der Waals surface area contributed by atoms with Crippen LogP contribution in [0.1, 0.15) is 27.3 Å². The lowest BCUT2D eigenvalue weighted by atomic mass is 10.1. The summed E-state index contributed by atoms with van der Waals surface area (Å²) in [6.45, 7) is 4.97. The van der Waals surface area contributed by atoms with Crippen molar-refractivity contribution < 1.29 is 4.79 Å². The molecule has 1 atom stereocenters. The van der Waals surface area contributed by atoms with Gasteiger partial charge in [-0.15, -0.1) is 23.7 Å². The Bertz CT molecular complexity index is 905. The number of benzene rings is 1. The van der Waals surface area contributed by atoms with Crippen LogP contribution in [0.25, 0.3) is 10.2 Å². The highest BCUT2D eigenvalue weighted by Gasteiger charge is 2.27. The minimum atomic E-state index is 0. The molecule has 26 heavy (non-hydrogen) atoms. The molecule has 0 saturated carbocycles. The Kier molecular flexibility index (Phi) is 5.65. The van der Waals surface area contributed by atoms with E-state index in [0.717, 1.165) is 46.8 Å². The number of aryl methyl sites for hydroxylation is 1. The highest BCUT2D eigenvalue weighted by Crippen LogP contribution is 2.30. The zero-order valence-corrected chi connectivity index (χ0v) is 16.4. The minimum absolute atomic E-state index is 0. The molecule has 5 nitrogen and oxygen atoms in total. The van der Waals surface area contributed by atoms with E-state index in [1.165, 1.54) is 5.56 Å². The summed E-state index contributed by atoms with van der Waals surface area (Å²) < 4.78 is 2.01. The SMILES string of the molecule is Cc1nn(Cc2ccccc2)c2sc(C(=O)N3CCC(CN)C3)cc12.Cl. The predicted octanol–water partition coefficient (Wildman–Crippen LogP) is 3.30. The lowest BCUT2D eigenvalue weighted by Gasteiger charge is -2.14. The van der Waals surface area contributed by atoms with Gasteiger partial charge in [0.25, 0.3) is 5.91 Å². The van der Waals surface area contributed by atoms with Crippen molar-refractivity contribution in [2.45, 2.75) is 19.9 Å². The number of hydrogen-bond donors (Lipinski definition) is 1. The van der Waals surface area contributed by atoms with Crippen LogP contribution in [0.5, 0.6) is 0 Å². The van der Waals surface area contributed by atoms with Gasteiger partial charge in [0.1, 0.15) is 4.83 Å². The second-order valence-corrected chi connectivity index (χ2v) is 7.73. The molecule has 2 N–H and O–H groups in total. The molecule has 1 saturated heterocycles. The van der Waals surface area contributed by atoms with Crippen molar-refractivity contribution in [2.75, 3.05) is 19.6 Å². The number of likely N-dealkylation sites (tertiary alicyclic amines) is 1. The van der Waals surface area contributed by atoms with Gasteiger partial charge in [0.15, 0.2) is 0 Å². The third-order valence-electron chi connectivity index (χ3n) is 4.90. The highest BCUT2D eigenvalue weighted by molar-refractivity contribution is 7.20. The van der Waals surface area contributed by atoms with Gasteiger partial charge in [-0.05, 0) is 37.4 Å². The van der Waals surface area contributed by atoms with E-state index in [1.54, 1.807) is 11.3 Å². The van der Waals surface area contributed by atoms with E-state index in [4.69, 9.17) is 5.73 Å². The fourth-order valence-corrected chi connectivity index (χ4v) is 4.58. The molecule has 138 valence electrons. The average Bonchev–Trinajstić information content (AvgIpc) is 3.33. The van der Waals surface area contributed by atoms with E-state index < -0.39 is 0 Å². The lowest BCUT2D eigenvalue weighted by Crippen LogP contribution is -2.29. The third-order valence-corrected chi connectivity index (χ3v) is 6.04. The van der Waals surface area contributed by atoms with Crippen molar-refractivity contribution in [3.05, 3.63) is 52.5 Å². The number of rotatable bonds is 4. The minimum Gasteiger partial charge on any atom is -0.338 e. The Hall–Kier alpha value is -1.89. The topological polar surface area (TPSA) is 64.2 Å². The molecule has 1 aliphatic rings. The summed E-state index contributed by atoms with van der Waals surface area (Å²) in [5.74, 6) is 0.566. The summed E-state index contributed by atoms with van der Waals surface area (Å²) >= 11 is 1.55. The standard InChI is InChI=1S/C19H22N4OS.ClH/c1-13-16-9-17(18(24)22-8-7-15(10-20)11-22)25-19(16)23(21-13)12-14-5-3-2-4-6-14;/h2-6,9,15H,7-8,10-12,20H2,1H3;1H. The van der Waals surface area contributed by atoms with Gasteiger partial charge in [-0.3, -0.25) is 9.48 Å². The van der Waals surface area contributed by atoms with Crippen molar-refractivity contribution in [3.8, 4) is 0 Å². The molecule has 2 aromatic heterocycles. The molecule has 1 amide bonds. The van der Waals surface area contributed by atoms with Gasteiger partial charge in [-0.2, -0.15) is 5.10 Å². The van der Waals surface area contributed by atoms with Crippen LogP contribution >= 0.6 is 23.7 Å². The van der Waals surface area contributed by atoms with Crippen molar-refractivity contribution in [3.63, 3.8) is 0 Å². The summed E-state index contributed by atoms with van der Waals surface area (Å²) in [5, 5.41) is 5.74. The number of carbonyl (C=O) groups is 1. The number of nitrogens with zero attached hydrogens (tertiary/aromatic N) is 3. The number of aromatic nitrogens is 2. The quantitative estimate of drug-likeness (QED) is 0.743. The monoisotopic (exact) mass is 390 g/mol. The number of halogens is 1. The fraction of sp³-hybridized carbons (Fsp3) is 0.368. The van der Waals surface area contributed by atoms with Crippen molar-refractivity contribution in [1.82, 2.24) is 14.7 Å². The Morgan fingerprint density at radius 3 is 2.81 bits per heavy atom. The molecule has 1 aliphatic heterocycles. The summed E-state index contributed by atoms with van der Waals surface area (Å²) in [6, 6.07) is 12.3. The van der Waals surface area contributed by atoms with Crippen LogP contribution in [0.4, 0.5) is 0 Å². The van der Waals surface area contributed by atoms with Crippen molar-refractivity contribution in [2.24, 2.45) is 11.7 Å². The average molecular weight is 391 g/mol. The third kappa shape index (κ3) is 3.49. The first-order valence-electron chi connectivity index (χ1n) is 8.66. The van der Waals surface area contributed by atoms with Gasteiger partial charge in [-0.1, -0.05) is 30.3 Å². The first-order chi connectivity index (χ1) is 12.2. The molecule has 1 aromatic carbocycles. The van der Waals surface area contributed by atoms with Crippen LogP contribution < -0.4 is 5.73 Å². The molecule has 1 fully saturated rings.